The van der Waals surface area contributed by atoms with Crippen LogP contribution >= 0.6 is 11.6 Å². The molecule has 1 aromatic carbocycles. The second kappa shape index (κ2) is 6.35. The molecule has 0 bridgehead atoms. The third kappa shape index (κ3) is 3.67. The molecule has 1 aromatic rings. The van der Waals surface area contributed by atoms with Crippen molar-refractivity contribution < 1.29 is 14.7 Å². The Morgan fingerprint density at radius 2 is 1.86 bits per heavy atom. The molecule has 1 aliphatic heterocycles. The average molecular weight is 311 g/mol. The highest BCUT2D eigenvalue weighted by molar-refractivity contribution is 6.31. The first-order valence-electron chi connectivity index (χ1n) is 7.01. The van der Waals surface area contributed by atoms with Gasteiger partial charge in [-0.15, -0.1) is 0 Å². The van der Waals surface area contributed by atoms with E-state index in [1.54, 1.807) is 6.07 Å². The largest absolute Gasteiger partial charge is 0.478 e. The van der Waals surface area contributed by atoms with E-state index in [1.807, 2.05) is 18.7 Å². The van der Waals surface area contributed by atoms with Crippen LogP contribution in [0.4, 0.5) is 10.5 Å². The van der Waals surface area contributed by atoms with Crippen molar-refractivity contribution in [3.8, 4) is 0 Å². The van der Waals surface area contributed by atoms with Gasteiger partial charge in [-0.2, -0.15) is 0 Å². The van der Waals surface area contributed by atoms with Crippen LogP contribution in [-0.4, -0.2) is 34.1 Å². The number of nitrogens with one attached hydrogen (secondary N) is 1. The fourth-order valence-corrected chi connectivity index (χ4v) is 3.03. The third-order valence-corrected chi connectivity index (χ3v) is 4.04. The number of anilines is 1. The van der Waals surface area contributed by atoms with Gasteiger partial charge in [0, 0.05) is 22.8 Å². The summed E-state index contributed by atoms with van der Waals surface area (Å²) in [6, 6.07) is 4.44. The monoisotopic (exact) mass is 310 g/mol. The lowest BCUT2D eigenvalue weighted by Gasteiger charge is -2.38. The van der Waals surface area contributed by atoms with Crippen molar-refractivity contribution in [1.82, 2.24) is 4.90 Å². The van der Waals surface area contributed by atoms with E-state index in [0.717, 1.165) is 19.3 Å². The van der Waals surface area contributed by atoms with Crippen molar-refractivity contribution in [1.29, 1.82) is 0 Å². The molecule has 114 valence electrons. The van der Waals surface area contributed by atoms with Gasteiger partial charge in [-0.05, 0) is 51.3 Å². The summed E-state index contributed by atoms with van der Waals surface area (Å²) >= 11 is 5.89. The summed E-state index contributed by atoms with van der Waals surface area (Å²) in [5.74, 6) is -1.08. The summed E-state index contributed by atoms with van der Waals surface area (Å²) in [4.78, 5) is 25.2. The number of aromatic carboxylic acids is 1. The molecule has 1 aliphatic rings. The molecule has 6 heteroatoms. The molecule has 0 radical (unpaired) electrons. The van der Waals surface area contributed by atoms with Crippen LogP contribution in [0.1, 0.15) is 43.5 Å². The molecule has 21 heavy (non-hydrogen) atoms. The molecule has 2 amide bonds. The quantitative estimate of drug-likeness (QED) is 0.872. The number of carboxylic acid groups (broad SMARTS) is 1. The van der Waals surface area contributed by atoms with Crippen molar-refractivity contribution in [3.05, 3.63) is 28.8 Å². The zero-order chi connectivity index (χ0) is 15.6. The second-order valence-electron chi connectivity index (χ2n) is 5.50. The lowest BCUT2D eigenvalue weighted by Crippen LogP contribution is -2.49. The summed E-state index contributed by atoms with van der Waals surface area (Å²) in [6.45, 7) is 4.05. The van der Waals surface area contributed by atoms with Gasteiger partial charge in [0.05, 0.1) is 5.56 Å². The van der Waals surface area contributed by atoms with Crippen LogP contribution in [0, 0.1) is 0 Å². The first-order valence-corrected chi connectivity index (χ1v) is 7.39. The number of carboxylic acids is 1. The summed E-state index contributed by atoms with van der Waals surface area (Å²) in [5, 5.41) is 12.0. The van der Waals surface area contributed by atoms with Gasteiger partial charge in [0.2, 0.25) is 0 Å². The topological polar surface area (TPSA) is 69.6 Å². The van der Waals surface area contributed by atoms with E-state index < -0.39 is 5.97 Å². The zero-order valence-electron chi connectivity index (χ0n) is 12.1. The molecular weight excluding hydrogens is 292 g/mol. The summed E-state index contributed by atoms with van der Waals surface area (Å²) in [5.41, 5.74) is 0.451. The van der Waals surface area contributed by atoms with Crippen LogP contribution in [-0.2, 0) is 0 Å². The Labute approximate surface area is 128 Å². The average Bonchev–Trinajstić information content (AvgIpc) is 2.37. The molecule has 1 fully saturated rings. The van der Waals surface area contributed by atoms with Crippen molar-refractivity contribution in [2.24, 2.45) is 0 Å². The number of halogens is 1. The van der Waals surface area contributed by atoms with Crippen molar-refractivity contribution in [2.45, 2.75) is 45.2 Å². The summed E-state index contributed by atoms with van der Waals surface area (Å²) in [7, 11) is 0. The molecule has 0 spiro atoms. The predicted octanol–water partition coefficient (Wildman–Crippen LogP) is 3.83. The minimum Gasteiger partial charge on any atom is -0.478 e. The highest BCUT2D eigenvalue weighted by Gasteiger charge is 2.29. The predicted molar refractivity (Wildman–Crippen MR) is 82.0 cm³/mol. The molecule has 0 saturated carbocycles. The number of piperidine rings is 1. The van der Waals surface area contributed by atoms with Gasteiger partial charge in [0.25, 0.3) is 0 Å². The van der Waals surface area contributed by atoms with Crippen LogP contribution < -0.4 is 5.32 Å². The molecule has 5 nitrogen and oxygen atoms in total. The number of hydrogen-bond donors (Lipinski definition) is 2. The molecule has 2 rings (SSSR count). The summed E-state index contributed by atoms with van der Waals surface area (Å²) < 4.78 is 0. The third-order valence-electron chi connectivity index (χ3n) is 3.82. The number of urea groups is 1. The highest BCUT2D eigenvalue weighted by Crippen LogP contribution is 2.25. The van der Waals surface area contributed by atoms with Crippen LogP contribution in [0.15, 0.2) is 18.2 Å². The number of benzene rings is 1. The van der Waals surface area contributed by atoms with E-state index in [-0.39, 0.29) is 28.7 Å². The molecular formula is C15H19ClN2O3. The fraction of sp³-hybridized carbons (Fsp3) is 0.467. The number of amides is 2. The first kappa shape index (κ1) is 15.6. The number of nitrogens with zero attached hydrogens (tertiary/aromatic N) is 1. The SMILES string of the molecule is CC1CCCC(C)N1C(=O)Nc1cc(Cl)cc(C(=O)O)c1. The maximum Gasteiger partial charge on any atom is 0.335 e. The molecule has 2 N–H and O–H groups in total. The number of likely N-dealkylation sites (tertiary alicyclic amines) is 1. The van der Waals surface area contributed by atoms with E-state index in [4.69, 9.17) is 16.7 Å². The molecule has 0 aromatic heterocycles. The number of carbonyl (C=O) groups is 2. The van der Waals surface area contributed by atoms with Gasteiger partial charge in [-0.25, -0.2) is 9.59 Å². The molecule has 2 atom stereocenters. The Hall–Kier alpha value is -1.75. The van der Waals surface area contributed by atoms with Gasteiger partial charge in [-0.1, -0.05) is 11.6 Å². The Morgan fingerprint density at radius 3 is 2.43 bits per heavy atom. The van der Waals surface area contributed by atoms with Gasteiger partial charge in [0.1, 0.15) is 0 Å². The van der Waals surface area contributed by atoms with Crippen LogP contribution in [0.2, 0.25) is 5.02 Å². The second-order valence-corrected chi connectivity index (χ2v) is 5.94. The Bertz CT molecular complexity index is 552. The van der Waals surface area contributed by atoms with Gasteiger partial charge in [0.15, 0.2) is 0 Å². The lowest BCUT2D eigenvalue weighted by atomic mass is 9.98. The van der Waals surface area contributed by atoms with Crippen LogP contribution in [0.25, 0.3) is 0 Å². The zero-order valence-corrected chi connectivity index (χ0v) is 12.9. The van der Waals surface area contributed by atoms with E-state index in [1.165, 1.54) is 12.1 Å². The number of hydrogen-bond acceptors (Lipinski definition) is 2. The lowest BCUT2D eigenvalue weighted by molar-refractivity contribution is 0.0696. The standard InChI is InChI=1S/C15H19ClN2O3/c1-9-4-3-5-10(2)18(9)15(21)17-13-7-11(14(19)20)6-12(16)8-13/h6-10H,3-5H2,1-2H3,(H,17,21)(H,19,20). The summed E-state index contributed by atoms with van der Waals surface area (Å²) in [6.07, 6.45) is 3.08. The molecule has 1 saturated heterocycles. The maximum atomic E-state index is 12.4. The van der Waals surface area contributed by atoms with Crippen molar-refractivity contribution >= 4 is 29.3 Å². The van der Waals surface area contributed by atoms with Crippen LogP contribution in [0.5, 0.6) is 0 Å². The fourth-order valence-electron chi connectivity index (χ4n) is 2.79. The molecule has 2 unspecified atom stereocenters. The number of carbonyl (C=O) groups excluding carboxylic acids is 1. The van der Waals surface area contributed by atoms with E-state index in [2.05, 4.69) is 5.32 Å². The van der Waals surface area contributed by atoms with Crippen molar-refractivity contribution in [2.75, 3.05) is 5.32 Å². The first-order chi connectivity index (χ1) is 9.88. The Balaban J connectivity index is 2.17. The highest BCUT2D eigenvalue weighted by atomic mass is 35.5. The Kier molecular flexibility index (Phi) is 4.73. The van der Waals surface area contributed by atoms with E-state index in [9.17, 15) is 9.59 Å². The maximum absolute atomic E-state index is 12.4. The normalized spacial score (nSPS) is 22.0. The smallest absolute Gasteiger partial charge is 0.335 e. The van der Waals surface area contributed by atoms with Gasteiger partial charge >= 0.3 is 12.0 Å². The molecule has 1 heterocycles. The van der Waals surface area contributed by atoms with Crippen LogP contribution in [0.3, 0.4) is 0 Å². The number of rotatable bonds is 2. The van der Waals surface area contributed by atoms with Gasteiger partial charge < -0.3 is 15.3 Å². The van der Waals surface area contributed by atoms with Crippen molar-refractivity contribution in [3.63, 3.8) is 0 Å². The Morgan fingerprint density at radius 1 is 1.24 bits per heavy atom. The molecule has 0 aliphatic carbocycles. The minimum absolute atomic E-state index is 0.0533. The van der Waals surface area contributed by atoms with E-state index >= 15 is 0 Å². The van der Waals surface area contributed by atoms with E-state index in [0.29, 0.717) is 5.69 Å². The van der Waals surface area contributed by atoms with Gasteiger partial charge in [-0.3, -0.25) is 0 Å². The minimum atomic E-state index is -1.08.